The SMILES string of the molecule is C[C@@H](O)[C@H]1C(=O)N2C(C(=O)O)=C(S[C@H]3C[C@@H](CNS(N)(=O)=O)N(Cc4cccc(F)c4F)C3)[C@H](C)[C@H]12. The molecule has 0 unspecified atom stereocenters. The molecule has 0 bridgehead atoms. The predicted molar refractivity (Wildman–Crippen MR) is 127 cm³/mol. The van der Waals surface area contributed by atoms with E-state index in [1.807, 2.05) is 6.92 Å². The van der Waals surface area contributed by atoms with Gasteiger partial charge in [0.15, 0.2) is 11.6 Å². The number of carbonyl (C=O) groups is 2. The predicted octanol–water partition coefficient (Wildman–Crippen LogP) is 0.588. The summed E-state index contributed by atoms with van der Waals surface area (Å²) in [6.07, 6.45) is -0.511. The number of halogens is 2. The van der Waals surface area contributed by atoms with E-state index in [0.717, 1.165) is 6.07 Å². The molecule has 3 aliphatic rings. The van der Waals surface area contributed by atoms with Gasteiger partial charge < -0.3 is 15.1 Å². The highest BCUT2D eigenvalue weighted by molar-refractivity contribution is 8.03. The van der Waals surface area contributed by atoms with Crippen LogP contribution in [-0.4, -0.2) is 76.8 Å². The Morgan fingerprint density at radius 1 is 1.36 bits per heavy atom. The number of aliphatic hydroxyl groups is 1. The maximum Gasteiger partial charge on any atom is 0.353 e. The highest BCUT2D eigenvalue weighted by Crippen LogP contribution is 2.52. The van der Waals surface area contributed by atoms with E-state index in [-0.39, 0.29) is 35.5 Å². The second-order valence-corrected chi connectivity index (χ2v) is 12.2. The number of rotatable bonds is 9. The summed E-state index contributed by atoms with van der Waals surface area (Å²) in [4.78, 5) is 28.2. The average molecular weight is 547 g/mol. The second kappa shape index (κ2) is 9.99. The lowest BCUT2D eigenvalue weighted by Crippen LogP contribution is -2.63. The van der Waals surface area contributed by atoms with Gasteiger partial charge in [0.1, 0.15) is 5.70 Å². The number of nitrogens with two attached hydrogens (primary N) is 1. The molecule has 0 aromatic heterocycles. The van der Waals surface area contributed by atoms with Gasteiger partial charge in [-0.2, -0.15) is 8.42 Å². The monoisotopic (exact) mass is 546 g/mol. The van der Waals surface area contributed by atoms with Gasteiger partial charge in [0.2, 0.25) is 5.91 Å². The van der Waals surface area contributed by atoms with Gasteiger partial charge in [-0.25, -0.2) is 23.4 Å². The zero-order valence-electron chi connectivity index (χ0n) is 19.6. The maximum absolute atomic E-state index is 14.3. The van der Waals surface area contributed by atoms with Crippen molar-refractivity contribution in [3.63, 3.8) is 0 Å². The summed E-state index contributed by atoms with van der Waals surface area (Å²) in [5, 5.41) is 24.7. The van der Waals surface area contributed by atoms with Crippen molar-refractivity contribution in [2.24, 2.45) is 17.0 Å². The van der Waals surface area contributed by atoms with E-state index in [0.29, 0.717) is 17.9 Å². The van der Waals surface area contributed by atoms with Crippen molar-refractivity contribution < 1.29 is 37.0 Å². The fraction of sp³-hybridized carbons (Fsp3) is 0.545. The number of benzene rings is 1. The van der Waals surface area contributed by atoms with E-state index in [2.05, 4.69) is 4.72 Å². The summed E-state index contributed by atoms with van der Waals surface area (Å²) < 4.78 is 53.3. The van der Waals surface area contributed by atoms with Crippen LogP contribution in [0.3, 0.4) is 0 Å². The van der Waals surface area contributed by atoms with E-state index >= 15 is 0 Å². The number of hydrogen-bond donors (Lipinski definition) is 4. The van der Waals surface area contributed by atoms with Crippen LogP contribution in [0.1, 0.15) is 25.8 Å². The molecule has 0 aliphatic carbocycles. The zero-order chi connectivity index (χ0) is 26.5. The Kier molecular flexibility index (Phi) is 7.48. The number of carboxylic acid groups (broad SMARTS) is 1. The molecule has 3 heterocycles. The molecule has 5 N–H and O–H groups in total. The molecule has 1 amide bonds. The van der Waals surface area contributed by atoms with Gasteiger partial charge in [0, 0.05) is 47.3 Å². The van der Waals surface area contributed by atoms with Crippen LogP contribution in [0.4, 0.5) is 8.78 Å². The van der Waals surface area contributed by atoms with Crippen molar-refractivity contribution in [1.29, 1.82) is 0 Å². The fourth-order valence-electron chi connectivity index (χ4n) is 5.39. The van der Waals surface area contributed by atoms with E-state index in [1.54, 1.807) is 4.90 Å². The molecular formula is C22H28F2N4O6S2. The Hall–Kier alpha value is -2.10. The number of nitrogens with zero attached hydrogens (tertiary/aromatic N) is 2. The molecular weight excluding hydrogens is 518 g/mol. The van der Waals surface area contributed by atoms with Crippen LogP contribution in [0.2, 0.25) is 0 Å². The molecule has 36 heavy (non-hydrogen) atoms. The Labute approximate surface area is 211 Å². The molecule has 14 heteroatoms. The molecule has 0 saturated carbocycles. The third-order valence-corrected chi connectivity index (χ3v) is 9.08. The largest absolute Gasteiger partial charge is 0.477 e. The van der Waals surface area contributed by atoms with E-state index < -0.39 is 57.8 Å². The first-order chi connectivity index (χ1) is 16.8. The number of nitrogens with one attached hydrogen (secondary N) is 1. The normalized spacial score (nSPS) is 29.4. The first-order valence-corrected chi connectivity index (χ1v) is 13.8. The number of hydrogen-bond acceptors (Lipinski definition) is 7. The molecule has 4 rings (SSSR count). The van der Waals surface area contributed by atoms with E-state index in [4.69, 9.17) is 5.14 Å². The minimum absolute atomic E-state index is 0.00927. The summed E-state index contributed by atoms with van der Waals surface area (Å²) in [6.45, 7) is 3.59. The Morgan fingerprint density at radius 2 is 2.06 bits per heavy atom. The van der Waals surface area contributed by atoms with Crippen LogP contribution < -0.4 is 9.86 Å². The number of amides is 1. The van der Waals surface area contributed by atoms with Gasteiger partial charge >= 0.3 is 5.97 Å². The van der Waals surface area contributed by atoms with E-state index in [1.165, 1.54) is 35.7 Å². The first kappa shape index (κ1) is 26.9. The van der Waals surface area contributed by atoms with Crippen molar-refractivity contribution in [1.82, 2.24) is 14.5 Å². The Balaban J connectivity index is 1.57. The highest BCUT2D eigenvalue weighted by Gasteiger charge is 2.60. The van der Waals surface area contributed by atoms with Crippen molar-refractivity contribution in [2.75, 3.05) is 13.1 Å². The van der Waals surface area contributed by atoms with Gasteiger partial charge in [-0.15, -0.1) is 11.8 Å². The molecule has 1 aromatic rings. The smallest absolute Gasteiger partial charge is 0.353 e. The molecule has 0 spiro atoms. The zero-order valence-corrected chi connectivity index (χ0v) is 21.2. The number of carbonyl (C=O) groups excluding carboxylic acids is 1. The first-order valence-electron chi connectivity index (χ1n) is 11.4. The molecule has 6 atom stereocenters. The minimum Gasteiger partial charge on any atom is -0.477 e. The van der Waals surface area contributed by atoms with Gasteiger partial charge in [-0.3, -0.25) is 9.69 Å². The lowest BCUT2D eigenvalue weighted by molar-refractivity contribution is -0.163. The Bertz CT molecular complexity index is 1210. The Morgan fingerprint density at radius 3 is 2.67 bits per heavy atom. The van der Waals surface area contributed by atoms with Gasteiger partial charge in [0.05, 0.1) is 18.1 Å². The van der Waals surface area contributed by atoms with Gasteiger partial charge in [-0.1, -0.05) is 19.1 Å². The van der Waals surface area contributed by atoms with Gasteiger partial charge in [0.25, 0.3) is 10.2 Å². The summed E-state index contributed by atoms with van der Waals surface area (Å²) in [6, 6.07) is 2.97. The number of aliphatic carboxylic acids is 1. The number of fused-ring (bicyclic) bond motifs is 1. The highest BCUT2D eigenvalue weighted by atomic mass is 32.2. The molecule has 3 aliphatic heterocycles. The number of likely N-dealkylation sites (tertiary alicyclic amines) is 1. The molecule has 0 radical (unpaired) electrons. The maximum atomic E-state index is 14.3. The molecule has 10 nitrogen and oxygen atoms in total. The van der Waals surface area contributed by atoms with E-state index in [9.17, 15) is 37.0 Å². The van der Waals surface area contributed by atoms with Crippen LogP contribution in [0.15, 0.2) is 28.8 Å². The number of thioether (sulfide) groups is 1. The second-order valence-electron chi connectivity index (χ2n) is 9.44. The van der Waals surface area contributed by atoms with Crippen molar-refractivity contribution in [3.05, 3.63) is 46.0 Å². The van der Waals surface area contributed by atoms with Crippen LogP contribution >= 0.6 is 11.8 Å². The molecule has 2 saturated heterocycles. The summed E-state index contributed by atoms with van der Waals surface area (Å²) in [5.41, 5.74) is 0.00342. The molecule has 1 aromatic carbocycles. The fourth-order valence-corrected chi connectivity index (χ4v) is 7.41. The number of aliphatic hydroxyl groups excluding tert-OH is 1. The minimum atomic E-state index is -3.99. The van der Waals surface area contributed by atoms with Gasteiger partial charge in [-0.05, 0) is 19.4 Å². The summed E-state index contributed by atoms with van der Waals surface area (Å²) >= 11 is 1.29. The van der Waals surface area contributed by atoms with Crippen LogP contribution in [0, 0.1) is 23.5 Å². The average Bonchev–Trinajstić information content (AvgIpc) is 3.26. The standard InChI is InChI=1S/C22H28F2N4O6S2/c1-10-18-16(11(2)29)21(30)28(18)19(22(31)32)20(10)35-14-6-13(7-26-36(25,33)34)27(9-14)8-12-4-3-5-15(23)17(12)24/h3-5,10-11,13-14,16,18,26,29H,6-9H2,1-2H3,(H,31,32)(H2,25,33,34)/t10-,11-,13+,14+,16-,18-/m1/s1. The van der Waals surface area contributed by atoms with Crippen molar-refractivity contribution in [3.8, 4) is 0 Å². The third-order valence-electron chi connectivity index (χ3n) is 7.02. The van der Waals surface area contributed by atoms with Crippen molar-refractivity contribution in [2.45, 2.75) is 50.3 Å². The summed E-state index contributed by atoms with van der Waals surface area (Å²) in [7, 11) is -3.99. The van der Waals surface area contributed by atoms with Crippen LogP contribution in [-0.2, 0) is 26.3 Å². The number of carboxylic acids is 1. The van der Waals surface area contributed by atoms with Crippen LogP contribution in [0.5, 0.6) is 0 Å². The lowest BCUT2D eigenvalue weighted by Gasteiger charge is -2.46. The van der Waals surface area contributed by atoms with Crippen molar-refractivity contribution >= 4 is 33.8 Å². The molecule has 2 fully saturated rings. The topological polar surface area (TPSA) is 153 Å². The molecule has 198 valence electrons. The third kappa shape index (κ3) is 5.02. The quantitative estimate of drug-likeness (QED) is 0.328. The lowest BCUT2D eigenvalue weighted by atomic mass is 9.79. The number of β-lactam (4-membered cyclic amide) rings is 1. The van der Waals surface area contributed by atoms with Crippen LogP contribution in [0.25, 0.3) is 0 Å². The summed E-state index contributed by atoms with van der Waals surface area (Å²) in [5.74, 6) is -4.66.